The number of carbonyl (C=O) groups excluding carboxylic acids is 1. The lowest BCUT2D eigenvalue weighted by atomic mass is 10.1. The Morgan fingerprint density at radius 1 is 1.27 bits per heavy atom. The molecule has 0 fully saturated rings. The second kappa shape index (κ2) is 3.24. The number of carboxylic acids is 1. The van der Waals surface area contributed by atoms with Crippen LogP contribution in [0.5, 0.6) is 0 Å². The molecule has 15 heavy (non-hydrogen) atoms. The van der Waals surface area contributed by atoms with E-state index in [0.717, 1.165) is 0 Å². The molecule has 0 bridgehead atoms. The summed E-state index contributed by atoms with van der Waals surface area (Å²) in [6.07, 6.45) is 1.54. The minimum atomic E-state index is -1.00. The molecule has 76 valence electrons. The third kappa shape index (κ3) is 1.40. The standard InChI is InChI=1S/C11H9NO3/c1-6(13)9-5-12-10-7(9)3-2-4-8(10)11(14)15/h2-5,12H,1H3,(H,14,15). The minimum Gasteiger partial charge on any atom is -0.478 e. The van der Waals surface area contributed by atoms with E-state index in [1.807, 2.05) is 0 Å². The lowest BCUT2D eigenvalue weighted by molar-refractivity contribution is 0.0698. The van der Waals surface area contributed by atoms with Crippen molar-refractivity contribution in [1.29, 1.82) is 0 Å². The van der Waals surface area contributed by atoms with E-state index in [1.54, 1.807) is 18.3 Å². The summed E-state index contributed by atoms with van der Waals surface area (Å²) < 4.78 is 0. The number of hydrogen-bond acceptors (Lipinski definition) is 2. The van der Waals surface area contributed by atoms with Gasteiger partial charge in [-0.15, -0.1) is 0 Å². The smallest absolute Gasteiger partial charge is 0.337 e. The highest BCUT2D eigenvalue weighted by Crippen LogP contribution is 2.21. The molecule has 2 aromatic rings. The third-order valence-electron chi connectivity index (χ3n) is 2.33. The van der Waals surface area contributed by atoms with Crippen molar-refractivity contribution in [3.8, 4) is 0 Å². The maximum Gasteiger partial charge on any atom is 0.337 e. The zero-order chi connectivity index (χ0) is 11.0. The van der Waals surface area contributed by atoms with Crippen LogP contribution in [0.4, 0.5) is 0 Å². The number of Topliss-reactive ketones (excluding diaryl/α,β-unsaturated/α-hetero) is 1. The minimum absolute atomic E-state index is 0.0798. The molecule has 0 saturated heterocycles. The molecular weight excluding hydrogens is 194 g/mol. The summed E-state index contributed by atoms with van der Waals surface area (Å²) in [5.41, 5.74) is 1.20. The van der Waals surface area contributed by atoms with Gasteiger partial charge < -0.3 is 10.1 Å². The van der Waals surface area contributed by atoms with E-state index in [4.69, 9.17) is 5.11 Å². The molecule has 2 N–H and O–H groups in total. The van der Waals surface area contributed by atoms with Gasteiger partial charge in [-0.25, -0.2) is 4.79 Å². The van der Waals surface area contributed by atoms with E-state index in [2.05, 4.69) is 4.98 Å². The highest BCUT2D eigenvalue weighted by atomic mass is 16.4. The van der Waals surface area contributed by atoms with Crippen molar-refractivity contribution in [2.75, 3.05) is 0 Å². The van der Waals surface area contributed by atoms with Crippen LogP contribution in [-0.4, -0.2) is 21.8 Å². The molecule has 1 aromatic heterocycles. The van der Waals surface area contributed by atoms with Crippen molar-refractivity contribution in [1.82, 2.24) is 4.98 Å². The Kier molecular flexibility index (Phi) is 2.04. The summed E-state index contributed by atoms with van der Waals surface area (Å²) in [5.74, 6) is -1.08. The van der Waals surface area contributed by atoms with Crippen molar-refractivity contribution < 1.29 is 14.7 Å². The van der Waals surface area contributed by atoms with Crippen molar-refractivity contribution >= 4 is 22.7 Å². The molecule has 0 aliphatic carbocycles. The van der Waals surface area contributed by atoms with Crippen LogP contribution in [0.2, 0.25) is 0 Å². The molecule has 0 amide bonds. The first-order valence-corrected chi connectivity index (χ1v) is 4.45. The Hall–Kier alpha value is -2.10. The summed E-state index contributed by atoms with van der Waals surface area (Å²) in [4.78, 5) is 24.9. The molecular formula is C11H9NO3. The number of aromatic nitrogens is 1. The molecule has 0 spiro atoms. The Morgan fingerprint density at radius 3 is 2.60 bits per heavy atom. The van der Waals surface area contributed by atoms with E-state index >= 15 is 0 Å². The third-order valence-corrected chi connectivity index (χ3v) is 2.33. The van der Waals surface area contributed by atoms with E-state index in [0.29, 0.717) is 16.5 Å². The normalized spacial score (nSPS) is 10.5. The molecule has 0 saturated carbocycles. The fourth-order valence-electron chi connectivity index (χ4n) is 1.62. The second-order valence-corrected chi connectivity index (χ2v) is 3.29. The van der Waals surface area contributed by atoms with Gasteiger partial charge in [0.2, 0.25) is 0 Å². The van der Waals surface area contributed by atoms with Crippen LogP contribution in [0, 0.1) is 0 Å². The van der Waals surface area contributed by atoms with Gasteiger partial charge in [-0.05, 0) is 13.0 Å². The van der Waals surface area contributed by atoms with Crippen LogP contribution in [0.15, 0.2) is 24.4 Å². The number of aromatic carboxylic acids is 1. The zero-order valence-corrected chi connectivity index (χ0v) is 8.07. The van der Waals surface area contributed by atoms with E-state index in [1.165, 1.54) is 13.0 Å². The lowest BCUT2D eigenvalue weighted by Crippen LogP contribution is -1.97. The predicted molar refractivity (Wildman–Crippen MR) is 55.3 cm³/mol. The lowest BCUT2D eigenvalue weighted by Gasteiger charge is -1.97. The van der Waals surface area contributed by atoms with Gasteiger partial charge in [0, 0.05) is 17.1 Å². The molecule has 0 radical (unpaired) electrons. The topological polar surface area (TPSA) is 70.2 Å². The van der Waals surface area contributed by atoms with Crippen LogP contribution < -0.4 is 0 Å². The molecule has 0 aliphatic rings. The highest BCUT2D eigenvalue weighted by molar-refractivity contribution is 6.11. The van der Waals surface area contributed by atoms with Gasteiger partial charge in [-0.3, -0.25) is 4.79 Å². The first-order valence-electron chi connectivity index (χ1n) is 4.45. The quantitative estimate of drug-likeness (QED) is 0.734. The van der Waals surface area contributed by atoms with Crippen molar-refractivity contribution in [3.63, 3.8) is 0 Å². The number of hydrogen-bond donors (Lipinski definition) is 2. The van der Waals surface area contributed by atoms with Gasteiger partial charge in [-0.2, -0.15) is 0 Å². The fraction of sp³-hybridized carbons (Fsp3) is 0.0909. The Balaban J connectivity index is 2.80. The van der Waals surface area contributed by atoms with Crippen LogP contribution in [0.25, 0.3) is 10.9 Å². The molecule has 0 unspecified atom stereocenters. The van der Waals surface area contributed by atoms with E-state index in [-0.39, 0.29) is 11.3 Å². The van der Waals surface area contributed by atoms with Crippen LogP contribution in [0.3, 0.4) is 0 Å². The molecule has 0 atom stereocenters. The predicted octanol–water partition coefficient (Wildman–Crippen LogP) is 2.07. The average molecular weight is 203 g/mol. The first kappa shape index (κ1) is 9.45. The average Bonchev–Trinajstić information content (AvgIpc) is 2.59. The Labute approximate surface area is 85.5 Å². The number of carbonyl (C=O) groups is 2. The zero-order valence-electron chi connectivity index (χ0n) is 8.07. The van der Waals surface area contributed by atoms with Crippen molar-refractivity contribution in [2.24, 2.45) is 0 Å². The van der Waals surface area contributed by atoms with Crippen LogP contribution in [-0.2, 0) is 0 Å². The summed E-state index contributed by atoms with van der Waals surface area (Å²) in [6.45, 7) is 1.45. The summed E-state index contributed by atoms with van der Waals surface area (Å²) >= 11 is 0. The number of benzene rings is 1. The Bertz CT molecular complexity index is 554. The largest absolute Gasteiger partial charge is 0.478 e. The van der Waals surface area contributed by atoms with Gasteiger partial charge in [0.05, 0.1) is 11.1 Å². The number of nitrogens with one attached hydrogen (secondary N) is 1. The van der Waals surface area contributed by atoms with E-state index < -0.39 is 5.97 Å². The van der Waals surface area contributed by atoms with E-state index in [9.17, 15) is 9.59 Å². The van der Waals surface area contributed by atoms with Crippen LogP contribution in [0.1, 0.15) is 27.6 Å². The molecule has 2 rings (SSSR count). The molecule has 1 heterocycles. The fourth-order valence-corrected chi connectivity index (χ4v) is 1.62. The van der Waals surface area contributed by atoms with Crippen LogP contribution >= 0.6 is 0 Å². The number of aromatic amines is 1. The second-order valence-electron chi connectivity index (χ2n) is 3.29. The molecule has 4 heteroatoms. The number of carboxylic acid groups (broad SMARTS) is 1. The van der Waals surface area contributed by atoms with Crippen molar-refractivity contribution in [2.45, 2.75) is 6.92 Å². The first-order chi connectivity index (χ1) is 7.11. The van der Waals surface area contributed by atoms with Gasteiger partial charge in [0.15, 0.2) is 5.78 Å². The summed E-state index contributed by atoms with van der Waals surface area (Å²) in [6, 6.07) is 4.87. The number of rotatable bonds is 2. The van der Waals surface area contributed by atoms with Crippen molar-refractivity contribution in [3.05, 3.63) is 35.5 Å². The van der Waals surface area contributed by atoms with Gasteiger partial charge in [0.1, 0.15) is 0 Å². The maximum absolute atomic E-state index is 11.2. The summed E-state index contributed by atoms with van der Waals surface area (Å²) in [7, 11) is 0. The number of H-pyrrole nitrogens is 1. The maximum atomic E-state index is 11.2. The highest BCUT2D eigenvalue weighted by Gasteiger charge is 2.13. The summed E-state index contributed by atoms with van der Waals surface area (Å²) in [5, 5.41) is 9.58. The number of ketones is 1. The monoisotopic (exact) mass is 203 g/mol. The number of fused-ring (bicyclic) bond motifs is 1. The van der Waals surface area contributed by atoms with Gasteiger partial charge in [0.25, 0.3) is 0 Å². The molecule has 1 aromatic carbocycles. The SMILES string of the molecule is CC(=O)c1c[nH]c2c(C(=O)O)cccc12. The Morgan fingerprint density at radius 2 is 2.00 bits per heavy atom. The number of para-hydroxylation sites is 1. The molecule has 4 nitrogen and oxygen atoms in total. The van der Waals surface area contributed by atoms with Gasteiger partial charge in [-0.1, -0.05) is 12.1 Å². The van der Waals surface area contributed by atoms with Gasteiger partial charge >= 0.3 is 5.97 Å². The molecule has 0 aliphatic heterocycles.